The van der Waals surface area contributed by atoms with Gasteiger partial charge in [-0.1, -0.05) is 0 Å². The van der Waals surface area contributed by atoms with Crippen molar-refractivity contribution in [3.8, 4) is 28.7 Å². The molecule has 3 aromatic rings. The maximum atomic E-state index is 13.5. The molecule has 0 N–H and O–H groups in total. The topological polar surface area (TPSA) is 65.4 Å². The Hall–Kier alpha value is -2.80. The standard InChI is InChI=1S/C22H23FN4O2/c1-28-22-24-11-10-18(26-22)21-20(15-2-6-16(23)7-3-15)25-13-27(21)17-8-4-14(5-9-17)19-12-29-19/h2-3,6-7,10-11,13-14,17,19H,4-5,8-9,12H2,1H3. The number of ether oxygens (including phenoxy) is 2. The average Bonchev–Trinajstić information content (AvgIpc) is 3.53. The molecule has 3 heterocycles. The van der Waals surface area contributed by atoms with Gasteiger partial charge in [0.25, 0.3) is 0 Å². The van der Waals surface area contributed by atoms with E-state index in [-0.39, 0.29) is 5.82 Å². The minimum absolute atomic E-state index is 0.265. The average molecular weight is 394 g/mol. The molecule has 2 aliphatic rings. The van der Waals surface area contributed by atoms with Crippen molar-refractivity contribution in [3.63, 3.8) is 0 Å². The van der Waals surface area contributed by atoms with Crippen LogP contribution in [0.4, 0.5) is 4.39 Å². The van der Waals surface area contributed by atoms with Crippen LogP contribution in [0, 0.1) is 11.7 Å². The van der Waals surface area contributed by atoms with E-state index in [1.54, 1.807) is 25.4 Å². The Balaban J connectivity index is 1.54. The van der Waals surface area contributed by atoms with Crippen LogP contribution in [-0.2, 0) is 4.74 Å². The van der Waals surface area contributed by atoms with Gasteiger partial charge in [-0.15, -0.1) is 0 Å². The van der Waals surface area contributed by atoms with Crippen LogP contribution in [0.2, 0.25) is 0 Å². The van der Waals surface area contributed by atoms with E-state index >= 15 is 0 Å². The predicted molar refractivity (Wildman–Crippen MR) is 106 cm³/mol. The fraction of sp³-hybridized carbons (Fsp3) is 0.409. The Morgan fingerprint density at radius 2 is 1.83 bits per heavy atom. The fourth-order valence-electron chi connectivity index (χ4n) is 4.36. The number of rotatable bonds is 5. The molecule has 6 nitrogen and oxygen atoms in total. The number of halogens is 1. The van der Waals surface area contributed by atoms with Crippen molar-refractivity contribution >= 4 is 0 Å². The van der Waals surface area contributed by atoms with Gasteiger partial charge in [0, 0.05) is 17.8 Å². The molecule has 7 heteroatoms. The highest BCUT2D eigenvalue weighted by Gasteiger charge is 2.36. The first kappa shape index (κ1) is 18.2. The van der Waals surface area contributed by atoms with Crippen LogP contribution in [0.15, 0.2) is 42.9 Å². The number of nitrogens with zero attached hydrogens (tertiary/aromatic N) is 4. The van der Waals surface area contributed by atoms with Gasteiger partial charge in [-0.25, -0.2) is 14.4 Å². The van der Waals surface area contributed by atoms with Crippen molar-refractivity contribution in [2.45, 2.75) is 37.8 Å². The van der Waals surface area contributed by atoms with Gasteiger partial charge in [-0.3, -0.25) is 0 Å². The van der Waals surface area contributed by atoms with Gasteiger partial charge in [-0.2, -0.15) is 4.98 Å². The summed E-state index contributed by atoms with van der Waals surface area (Å²) >= 11 is 0. The highest BCUT2D eigenvalue weighted by molar-refractivity contribution is 5.77. The maximum Gasteiger partial charge on any atom is 0.316 e. The van der Waals surface area contributed by atoms with Crippen LogP contribution >= 0.6 is 0 Å². The summed E-state index contributed by atoms with van der Waals surface area (Å²) < 4.78 is 26.4. The van der Waals surface area contributed by atoms with Crippen molar-refractivity contribution in [3.05, 3.63) is 48.7 Å². The molecular weight excluding hydrogens is 371 g/mol. The molecule has 1 aromatic carbocycles. The fourth-order valence-corrected chi connectivity index (χ4v) is 4.36. The lowest BCUT2D eigenvalue weighted by atomic mass is 9.84. The van der Waals surface area contributed by atoms with E-state index in [0.717, 1.165) is 54.9 Å². The Morgan fingerprint density at radius 3 is 2.52 bits per heavy atom. The first-order chi connectivity index (χ1) is 14.2. The van der Waals surface area contributed by atoms with Crippen molar-refractivity contribution in [1.29, 1.82) is 0 Å². The molecule has 1 saturated heterocycles. The van der Waals surface area contributed by atoms with E-state index in [1.807, 2.05) is 12.4 Å². The molecule has 0 spiro atoms. The molecule has 1 aliphatic heterocycles. The number of epoxide rings is 1. The van der Waals surface area contributed by atoms with Gasteiger partial charge < -0.3 is 14.0 Å². The Morgan fingerprint density at radius 1 is 1.07 bits per heavy atom. The number of methoxy groups -OCH3 is 1. The lowest BCUT2D eigenvalue weighted by molar-refractivity contribution is 0.225. The molecule has 2 fully saturated rings. The summed E-state index contributed by atoms with van der Waals surface area (Å²) in [6, 6.07) is 8.96. The van der Waals surface area contributed by atoms with E-state index in [0.29, 0.717) is 24.1 Å². The first-order valence-corrected chi connectivity index (χ1v) is 10.0. The van der Waals surface area contributed by atoms with Crippen LogP contribution in [0.1, 0.15) is 31.7 Å². The molecule has 1 unspecified atom stereocenters. The molecule has 1 saturated carbocycles. The number of aromatic nitrogens is 4. The molecule has 0 amide bonds. The van der Waals surface area contributed by atoms with Crippen molar-refractivity contribution in [1.82, 2.24) is 19.5 Å². The van der Waals surface area contributed by atoms with Crippen LogP contribution in [0.25, 0.3) is 22.6 Å². The third kappa shape index (κ3) is 3.62. The Labute approximate surface area is 168 Å². The highest BCUT2D eigenvalue weighted by atomic mass is 19.1. The molecule has 29 heavy (non-hydrogen) atoms. The zero-order valence-corrected chi connectivity index (χ0v) is 16.3. The van der Waals surface area contributed by atoms with Crippen LogP contribution < -0.4 is 4.74 Å². The molecular formula is C22H23FN4O2. The smallest absolute Gasteiger partial charge is 0.316 e. The maximum absolute atomic E-state index is 13.5. The van der Waals surface area contributed by atoms with Gasteiger partial charge in [0.2, 0.25) is 0 Å². The van der Waals surface area contributed by atoms with Crippen LogP contribution in [0.5, 0.6) is 6.01 Å². The number of benzene rings is 1. The van der Waals surface area contributed by atoms with Crippen LogP contribution in [-0.4, -0.2) is 39.3 Å². The summed E-state index contributed by atoms with van der Waals surface area (Å²) in [7, 11) is 1.55. The lowest BCUT2D eigenvalue weighted by Gasteiger charge is -2.29. The summed E-state index contributed by atoms with van der Waals surface area (Å²) in [6.07, 6.45) is 8.53. The largest absolute Gasteiger partial charge is 0.467 e. The summed E-state index contributed by atoms with van der Waals surface area (Å²) in [5.74, 6) is 0.410. The molecule has 0 bridgehead atoms. The van der Waals surface area contributed by atoms with Gasteiger partial charge >= 0.3 is 6.01 Å². The Bertz CT molecular complexity index is 992. The van der Waals surface area contributed by atoms with E-state index in [9.17, 15) is 4.39 Å². The molecule has 150 valence electrons. The monoisotopic (exact) mass is 394 g/mol. The quantitative estimate of drug-likeness (QED) is 0.604. The van der Waals surface area contributed by atoms with Gasteiger partial charge in [-0.05, 0) is 61.9 Å². The third-order valence-corrected chi connectivity index (χ3v) is 5.99. The second kappa shape index (κ2) is 7.55. The highest BCUT2D eigenvalue weighted by Crippen LogP contribution is 2.41. The second-order valence-electron chi connectivity index (χ2n) is 7.72. The number of imidazole rings is 1. The lowest BCUT2D eigenvalue weighted by Crippen LogP contribution is -2.21. The second-order valence-corrected chi connectivity index (χ2v) is 7.72. The van der Waals surface area contributed by atoms with E-state index < -0.39 is 0 Å². The van der Waals surface area contributed by atoms with Crippen molar-refractivity contribution < 1.29 is 13.9 Å². The number of hydrogen-bond donors (Lipinski definition) is 0. The van der Waals surface area contributed by atoms with Crippen LogP contribution in [0.3, 0.4) is 0 Å². The molecule has 0 radical (unpaired) electrons. The minimum atomic E-state index is -0.265. The zero-order valence-electron chi connectivity index (χ0n) is 16.3. The van der Waals surface area contributed by atoms with Crippen molar-refractivity contribution in [2.75, 3.05) is 13.7 Å². The van der Waals surface area contributed by atoms with Gasteiger partial charge in [0.1, 0.15) is 5.82 Å². The first-order valence-electron chi connectivity index (χ1n) is 10.0. The molecule has 2 aromatic heterocycles. The summed E-state index contributed by atoms with van der Waals surface area (Å²) in [5.41, 5.74) is 3.32. The zero-order chi connectivity index (χ0) is 19.8. The normalized spacial score (nSPS) is 23.7. The van der Waals surface area contributed by atoms with E-state index in [2.05, 4.69) is 14.5 Å². The molecule has 5 rings (SSSR count). The van der Waals surface area contributed by atoms with Gasteiger partial charge in [0.15, 0.2) is 0 Å². The Kier molecular flexibility index (Phi) is 4.75. The summed E-state index contributed by atoms with van der Waals surface area (Å²) in [6.45, 7) is 0.918. The molecule has 1 atom stereocenters. The van der Waals surface area contributed by atoms with E-state index in [4.69, 9.17) is 14.5 Å². The minimum Gasteiger partial charge on any atom is -0.467 e. The third-order valence-electron chi connectivity index (χ3n) is 5.99. The van der Waals surface area contributed by atoms with Crippen molar-refractivity contribution in [2.24, 2.45) is 5.92 Å². The summed E-state index contributed by atoms with van der Waals surface area (Å²) in [4.78, 5) is 13.4. The number of hydrogen-bond acceptors (Lipinski definition) is 5. The molecule has 1 aliphatic carbocycles. The van der Waals surface area contributed by atoms with E-state index in [1.165, 1.54) is 12.1 Å². The van der Waals surface area contributed by atoms with Gasteiger partial charge in [0.05, 0.1) is 43.2 Å². The predicted octanol–water partition coefficient (Wildman–Crippen LogP) is 4.28. The summed E-state index contributed by atoms with van der Waals surface area (Å²) in [5, 5.41) is 0. The SMILES string of the molecule is COc1nccc(-c2c(-c3ccc(F)cc3)ncn2C2CCC(C3CO3)CC2)n1.